The van der Waals surface area contributed by atoms with Crippen LogP contribution in [0.3, 0.4) is 0 Å². The van der Waals surface area contributed by atoms with Crippen LogP contribution in [-0.4, -0.2) is 39.1 Å². The van der Waals surface area contributed by atoms with Crippen LogP contribution in [0.1, 0.15) is 10.4 Å². The van der Waals surface area contributed by atoms with Crippen LogP contribution in [0.4, 0.5) is 0 Å². The van der Waals surface area contributed by atoms with E-state index in [1.807, 2.05) is 5.43 Å². The Hall–Kier alpha value is -3.23. The van der Waals surface area contributed by atoms with Gasteiger partial charge in [0.05, 0.1) is 27.3 Å². The summed E-state index contributed by atoms with van der Waals surface area (Å²) in [6.45, 7) is 0. The second-order valence-electron chi connectivity index (χ2n) is 4.01. The second-order valence-corrected chi connectivity index (χ2v) is 4.01. The summed E-state index contributed by atoms with van der Waals surface area (Å²) in [6, 6.07) is 2.78. The molecule has 124 valence electrons. The molecule has 0 heterocycles. The average molecular weight is 323 g/mol. The molecule has 1 aromatic rings. The Bertz CT molecular complexity index is 615. The Kier molecular flexibility index (Phi) is 6.41. The van der Waals surface area contributed by atoms with Crippen molar-refractivity contribution in [3.8, 4) is 17.2 Å². The highest BCUT2D eigenvalue weighted by atomic mass is 16.5. The van der Waals surface area contributed by atoms with Crippen LogP contribution in [0.5, 0.6) is 17.2 Å². The molecule has 9 nitrogen and oxygen atoms in total. The van der Waals surface area contributed by atoms with E-state index in [1.54, 1.807) is 0 Å². The lowest BCUT2D eigenvalue weighted by molar-refractivity contribution is -0.297. The maximum absolute atomic E-state index is 12.0. The summed E-state index contributed by atoms with van der Waals surface area (Å²) < 4.78 is 15.3. The molecule has 23 heavy (non-hydrogen) atoms. The molecule has 0 saturated carbocycles. The zero-order chi connectivity index (χ0) is 17.4. The largest absolute Gasteiger partial charge is 0.545 e. The first kappa shape index (κ1) is 17.8. The zero-order valence-electron chi connectivity index (χ0n) is 12.7. The molecular weight excluding hydrogens is 308 g/mol. The van der Waals surface area contributed by atoms with Gasteiger partial charge in [0.2, 0.25) is 5.75 Å². The molecule has 0 bridgehead atoms. The molecule has 0 fully saturated rings. The summed E-state index contributed by atoms with van der Waals surface area (Å²) in [6.07, 6.45) is 1.23. The van der Waals surface area contributed by atoms with Crippen molar-refractivity contribution in [1.82, 2.24) is 10.9 Å². The van der Waals surface area contributed by atoms with Gasteiger partial charge in [0.25, 0.3) is 11.8 Å². The minimum atomic E-state index is -1.53. The van der Waals surface area contributed by atoms with Gasteiger partial charge in [0, 0.05) is 11.6 Å². The van der Waals surface area contributed by atoms with Gasteiger partial charge >= 0.3 is 0 Å². The van der Waals surface area contributed by atoms with Crippen LogP contribution >= 0.6 is 0 Å². The van der Waals surface area contributed by atoms with Gasteiger partial charge in [-0.15, -0.1) is 0 Å². The molecule has 0 aromatic heterocycles. The van der Waals surface area contributed by atoms with Crippen molar-refractivity contribution in [1.29, 1.82) is 0 Å². The fourth-order valence-electron chi connectivity index (χ4n) is 1.59. The fourth-order valence-corrected chi connectivity index (χ4v) is 1.59. The first-order valence-corrected chi connectivity index (χ1v) is 6.22. The van der Waals surface area contributed by atoms with Crippen molar-refractivity contribution in [2.45, 2.75) is 0 Å². The molecule has 1 rings (SSSR count). The minimum absolute atomic E-state index is 0.128. The predicted molar refractivity (Wildman–Crippen MR) is 75.9 cm³/mol. The molecule has 0 aliphatic carbocycles. The number of hydrogen-bond donors (Lipinski definition) is 2. The van der Waals surface area contributed by atoms with Crippen LogP contribution < -0.4 is 30.2 Å². The summed E-state index contributed by atoms with van der Waals surface area (Å²) >= 11 is 0. The van der Waals surface area contributed by atoms with Gasteiger partial charge in [-0.05, 0) is 18.2 Å². The third kappa shape index (κ3) is 4.92. The summed E-state index contributed by atoms with van der Waals surface area (Å²) in [5, 5.41) is 10.2. The predicted octanol–water partition coefficient (Wildman–Crippen LogP) is -1.22. The monoisotopic (exact) mass is 323 g/mol. The number of methoxy groups -OCH3 is 3. The van der Waals surface area contributed by atoms with Gasteiger partial charge in [-0.3, -0.25) is 20.4 Å². The molecule has 1 aromatic carbocycles. The fraction of sp³-hybridized carbons (Fsp3) is 0.214. The molecular formula is C14H15N2O7-. The first-order chi connectivity index (χ1) is 10.9. The molecule has 0 atom stereocenters. The van der Waals surface area contributed by atoms with E-state index >= 15 is 0 Å². The average Bonchev–Trinajstić information content (AvgIpc) is 2.56. The molecule has 0 radical (unpaired) electrons. The number of benzene rings is 1. The van der Waals surface area contributed by atoms with Gasteiger partial charge in [0.1, 0.15) is 0 Å². The van der Waals surface area contributed by atoms with E-state index in [0.717, 1.165) is 0 Å². The van der Waals surface area contributed by atoms with Crippen molar-refractivity contribution in [3.05, 3.63) is 29.8 Å². The number of amides is 2. The van der Waals surface area contributed by atoms with Gasteiger partial charge in [0.15, 0.2) is 11.5 Å². The summed E-state index contributed by atoms with van der Waals surface area (Å²) in [5.74, 6) is -2.20. The Balaban J connectivity index is 2.88. The highest BCUT2D eigenvalue weighted by molar-refractivity contribution is 5.99. The molecule has 9 heteroatoms. The van der Waals surface area contributed by atoms with E-state index in [0.29, 0.717) is 17.9 Å². The summed E-state index contributed by atoms with van der Waals surface area (Å²) in [7, 11) is 4.21. The third-order valence-electron chi connectivity index (χ3n) is 2.60. The number of hydrogen-bond acceptors (Lipinski definition) is 7. The molecule has 0 saturated heterocycles. The maximum Gasteiger partial charge on any atom is 0.269 e. The highest BCUT2D eigenvalue weighted by Crippen LogP contribution is 2.38. The number of ether oxygens (including phenoxy) is 3. The lowest BCUT2D eigenvalue weighted by Crippen LogP contribution is -2.41. The van der Waals surface area contributed by atoms with Crippen molar-refractivity contribution in [2.75, 3.05) is 21.3 Å². The topological polar surface area (TPSA) is 126 Å². The number of carbonyl (C=O) groups is 3. The quantitative estimate of drug-likeness (QED) is 0.496. The molecule has 0 spiro atoms. The number of carboxylic acids is 1. The van der Waals surface area contributed by atoms with Crippen molar-refractivity contribution >= 4 is 17.8 Å². The number of rotatable bonds is 6. The Morgan fingerprint density at radius 1 is 0.957 bits per heavy atom. The lowest BCUT2D eigenvalue weighted by atomic mass is 10.1. The van der Waals surface area contributed by atoms with E-state index in [2.05, 4.69) is 5.43 Å². The number of nitrogens with one attached hydrogen (secondary N) is 2. The van der Waals surface area contributed by atoms with Crippen LogP contribution in [0.2, 0.25) is 0 Å². The third-order valence-corrected chi connectivity index (χ3v) is 2.60. The molecule has 0 aliphatic rings. The Labute approximate surface area is 131 Å². The number of aliphatic carboxylic acids is 1. The molecule has 2 N–H and O–H groups in total. The van der Waals surface area contributed by atoms with Gasteiger partial charge in [-0.25, -0.2) is 0 Å². The van der Waals surface area contributed by atoms with Crippen LogP contribution in [0.15, 0.2) is 24.3 Å². The number of hydrazine groups is 1. The van der Waals surface area contributed by atoms with Gasteiger partial charge in [-0.1, -0.05) is 0 Å². The van der Waals surface area contributed by atoms with Crippen molar-refractivity contribution in [3.63, 3.8) is 0 Å². The van der Waals surface area contributed by atoms with Crippen LogP contribution in [0.25, 0.3) is 0 Å². The normalized spacial score (nSPS) is 10.0. The lowest BCUT2D eigenvalue weighted by Gasteiger charge is -2.14. The van der Waals surface area contributed by atoms with E-state index in [4.69, 9.17) is 14.2 Å². The Morgan fingerprint density at radius 3 is 1.96 bits per heavy atom. The van der Waals surface area contributed by atoms with Gasteiger partial charge < -0.3 is 24.1 Å². The van der Waals surface area contributed by atoms with E-state index < -0.39 is 17.8 Å². The summed E-state index contributed by atoms with van der Waals surface area (Å²) in [4.78, 5) is 33.4. The first-order valence-electron chi connectivity index (χ1n) is 6.22. The Morgan fingerprint density at radius 2 is 1.52 bits per heavy atom. The zero-order valence-corrected chi connectivity index (χ0v) is 12.7. The maximum atomic E-state index is 12.0. The summed E-state index contributed by atoms with van der Waals surface area (Å²) in [5.41, 5.74) is 4.25. The SMILES string of the molecule is COc1cc(C(=O)NNC(=O)/C=C/C(=O)[O-])cc(OC)c1OC. The van der Waals surface area contributed by atoms with Crippen molar-refractivity contribution < 1.29 is 33.7 Å². The number of carboxylic acid groups (broad SMARTS) is 1. The molecule has 0 unspecified atom stereocenters. The smallest absolute Gasteiger partial charge is 0.269 e. The standard InChI is InChI=1S/C14H16N2O7/c1-21-9-6-8(7-10(22-2)13(9)23-3)14(20)16-15-11(17)4-5-12(18)19/h4-7H,1-3H3,(H,15,17)(H,16,20)(H,18,19)/p-1/b5-4+. The van der Waals surface area contributed by atoms with Crippen molar-refractivity contribution in [2.24, 2.45) is 0 Å². The minimum Gasteiger partial charge on any atom is -0.545 e. The number of carbonyl (C=O) groups excluding carboxylic acids is 3. The highest BCUT2D eigenvalue weighted by Gasteiger charge is 2.17. The van der Waals surface area contributed by atoms with E-state index in [-0.39, 0.29) is 17.1 Å². The van der Waals surface area contributed by atoms with Crippen LogP contribution in [0, 0.1) is 0 Å². The van der Waals surface area contributed by atoms with Gasteiger partial charge in [-0.2, -0.15) is 0 Å². The second kappa shape index (κ2) is 8.27. The van der Waals surface area contributed by atoms with Crippen LogP contribution in [-0.2, 0) is 9.59 Å². The molecule has 0 aliphatic heterocycles. The van der Waals surface area contributed by atoms with E-state index in [1.165, 1.54) is 33.5 Å². The molecule has 2 amide bonds. The van der Waals surface area contributed by atoms with E-state index in [9.17, 15) is 19.5 Å².